The van der Waals surface area contributed by atoms with E-state index in [4.69, 9.17) is 9.26 Å². The number of fused-ring (bicyclic) bond motifs is 1. The molecule has 2 aromatic heterocycles. The first-order valence-corrected chi connectivity index (χ1v) is 7.73. The molecule has 6 heteroatoms. The predicted molar refractivity (Wildman–Crippen MR) is 81.9 cm³/mol. The van der Waals surface area contributed by atoms with Crippen molar-refractivity contribution in [2.24, 2.45) is 0 Å². The highest BCUT2D eigenvalue weighted by molar-refractivity contribution is 6.06. The van der Waals surface area contributed by atoms with Crippen LogP contribution in [0.4, 0.5) is 0 Å². The minimum atomic E-state index is -0.129. The summed E-state index contributed by atoms with van der Waals surface area (Å²) in [6.07, 6.45) is 2.17. The average Bonchev–Trinajstić information content (AvgIpc) is 3.14. The van der Waals surface area contributed by atoms with Gasteiger partial charge in [-0.3, -0.25) is 4.79 Å². The molecule has 1 aliphatic heterocycles. The molecule has 0 saturated carbocycles. The Labute approximate surface area is 129 Å². The van der Waals surface area contributed by atoms with Gasteiger partial charge in [0.1, 0.15) is 0 Å². The van der Waals surface area contributed by atoms with Crippen molar-refractivity contribution in [3.63, 3.8) is 0 Å². The Hall–Kier alpha value is -1.95. The normalized spacial score (nSPS) is 18.3. The molecule has 0 radical (unpaired) electrons. The van der Waals surface area contributed by atoms with Gasteiger partial charge in [-0.05, 0) is 31.7 Å². The van der Waals surface area contributed by atoms with Crippen molar-refractivity contribution in [3.05, 3.63) is 23.0 Å². The lowest BCUT2D eigenvalue weighted by molar-refractivity contribution is 0.0859. The Kier molecular flexibility index (Phi) is 4.11. The Morgan fingerprint density at radius 3 is 3.00 bits per heavy atom. The lowest BCUT2D eigenvalue weighted by atomic mass is 10.0. The van der Waals surface area contributed by atoms with Crippen LogP contribution in [0.5, 0.6) is 0 Å². The van der Waals surface area contributed by atoms with Crippen LogP contribution in [0.25, 0.3) is 11.1 Å². The molecule has 0 unspecified atom stereocenters. The second kappa shape index (κ2) is 6.04. The summed E-state index contributed by atoms with van der Waals surface area (Å²) < 4.78 is 10.8. The zero-order chi connectivity index (χ0) is 15.7. The lowest BCUT2D eigenvalue weighted by Crippen LogP contribution is -2.32. The van der Waals surface area contributed by atoms with Gasteiger partial charge in [0, 0.05) is 18.8 Å². The Bertz CT molecular complexity index is 687. The molecule has 22 heavy (non-hydrogen) atoms. The number of pyridine rings is 1. The molecule has 0 bridgehead atoms. The maximum absolute atomic E-state index is 12.6. The van der Waals surface area contributed by atoms with Crippen molar-refractivity contribution >= 4 is 17.0 Å². The first-order chi connectivity index (χ1) is 10.6. The van der Waals surface area contributed by atoms with Crippen LogP contribution < -0.4 is 5.32 Å². The summed E-state index contributed by atoms with van der Waals surface area (Å²) >= 11 is 0. The predicted octanol–water partition coefficient (Wildman–Crippen LogP) is 2.56. The van der Waals surface area contributed by atoms with Gasteiger partial charge in [0.05, 0.1) is 22.7 Å². The van der Waals surface area contributed by atoms with E-state index in [1.54, 1.807) is 0 Å². The number of ether oxygens (including phenoxy) is 1. The topological polar surface area (TPSA) is 77.2 Å². The van der Waals surface area contributed by atoms with Gasteiger partial charge in [0.15, 0.2) is 0 Å². The van der Waals surface area contributed by atoms with E-state index in [0.29, 0.717) is 28.9 Å². The third kappa shape index (κ3) is 2.83. The second-order valence-electron chi connectivity index (χ2n) is 6.04. The summed E-state index contributed by atoms with van der Waals surface area (Å²) in [6, 6.07) is 1.84. The van der Waals surface area contributed by atoms with Gasteiger partial charge < -0.3 is 14.6 Å². The van der Waals surface area contributed by atoms with Crippen molar-refractivity contribution in [2.45, 2.75) is 45.6 Å². The number of aryl methyl sites for hydroxylation is 1. The molecule has 3 rings (SSSR count). The van der Waals surface area contributed by atoms with Crippen LogP contribution in [-0.2, 0) is 4.74 Å². The van der Waals surface area contributed by atoms with Gasteiger partial charge in [-0.2, -0.15) is 0 Å². The summed E-state index contributed by atoms with van der Waals surface area (Å²) in [4.78, 5) is 17.0. The van der Waals surface area contributed by atoms with Crippen molar-refractivity contribution < 1.29 is 14.1 Å². The average molecular weight is 303 g/mol. The molecular weight excluding hydrogens is 282 g/mol. The highest BCUT2D eigenvalue weighted by Gasteiger charge is 2.21. The van der Waals surface area contributed by atoms with Gasteiger partial charge in [0.25, 0.3) is 11.6 Å². The van der Waals surface area contributed by atoms with Crippen LogP contribution in [0.15, 0.2) is 10.6 Å². The number of hydrogen-bond acceptors (Lipinski definition) is 5. The standard InChI is InChI=1S/C16H21N3O3/c1-9(2)13-7-12(14-10(3)19-22-16(14)18-13)15(20)17-8-11-5-4-6-21-11/h7,9,11H,4-6,8H2,1-3H3,(H,17,20)/t11-/m1/s1. The monoisotopic (exact) mass is 303 g/mol. The quantitative estimate of drug-likeness (QED) is 0.939. The van der Waals surface area contributed by atoms with E-state index >= 15 is 0 Å². The molecule has 1 fully saturated rings. The maximum Gasteiger partial charge on any atom is 0.259 e. The summed E-state index contributed by atoms with van der Waals surface area (Å²) in [5, 5.41) is 7.58. The van der Waals surface area contributed by atoms with Crippen molar-refractivity contribution in [1.29, 1.82) is 0 Å². The summed E-state index contributed by atoms with van der Waals surface area (Å²) in [5.74, 6) is 0.0793. The van der Waals surface area contributed by atoms with Crippen LogP contribution in [0.2, 0.25) is 0 Å². The molecule has 6 nitrogen and oxygen atoms in total. The Morgan fingerprint density at radius 1 is 1.50 bits per heavy atom. The van der Waals surface area contributed by atoms with Crippen LogP contribution in [0.3, 0.4) is 0 Å². The first kappa shape index (κ1) is 15.0. The van der Waals surface area contributed by atoms with E-state index in [-0.39, 0.29) is 17.9 Å². The summed E-state index contributed by atoms with van der Waals surface area (Å²) in [7, 11) is 0. The van der Waals surface area contributed by atoms with Crippen LogP contribution in [0, 0.1) is 6.92 Å². The highest BCUT2D eigenvalue weighted by Crippen LogP contribution is 2.25. The molecule has 0 aliphatic carbocycles. The van der Waals surface area contributed by atoms with Crippen molar-refractivity contribution in [1.82, 2.24) is 15.5 Å². The fraction of sp³-hybridized carbons (Fsp3) is 0.562. The van der Waals surface area contributed by atoms with E-state index in [1.807, 2.05) is 26.8 Å². The fourth-order valence-corrected chi connectivity index (χ4v) is 2.70. The van der Waals surface area contributed by atoms with Crippen LogP contribution >= 0.6 is 0 Å². The van der Waals surface area contributed by atoms with Gasteiger partial charge in [-0.1, -0.05) is 19.0 Å². The molecule has 2 aromatic rings. The van der Waals surface area contributed by atoms with E-state index in [9.17, 15) is 4.79 Å². The number of nitrogens with one attached hydrogen (secondary N) is 1. The molecule has 1 aliphatic rings. The lowest BCUT2D eigenvalue weighted by Gasteiger charge is -2.12. The maximum atomic E-state index is 12.6. The number of hydrogen-bond donors (Lipinski definition) is 1. The van der Waals surface area contributed by atoms with E-state index in [2.05, 4.69) is 15.5 Å². The molecule has 0 spiro atoms. The second-order valence-corrected chi connectivity index (χ2v) is 6.04. The van der Waals surface area contributed by atoms with E-state index in [0.717, 1.165) is 25.1 Å². The minimum Gasteiger partial charge on any atom is -0.376 e. The number of aromatic nitrogens is 2. The highest BCUT2D eigenvalue weighted by atomic mass is 16.5. The Morgan fingerprint density at radius 2 is 2.32 bits per heavy atom. The number of carbonyl (C=O) groups excluding carboxylic acids is 1. The molecule has 1 amide bonds. The van der Waals surface area contributed by atoms with Crippen molar-refractivity contribution in [2.75, 3.05) is 13.2 Å². The van der Waals surface area contributed by atoms with Gasteiger partial charge in [0.2, 0.25) is 0 Å². The molecule has 0 aromatic carbocycles. The molecule has 1 atom stereocenters. The van der Waals surface area contributed by atoms with Crippen LogP contribution in [0.1, 0.15) is 54.4 Å². The van der Waals surface area contributed by atoms with Crippen molar-refractivity contribution in [3.8, 4) is 0 Å². The molecule has 3 heterocycles. The number of amides is 1. The zero-order valence-corrected chi connectivity index (χ0v) is 13.2. The number of nitrogens with zero attached hydrogens (tertiary/aromatic N) is 2. The third-order valence-corrected chi connectivity index (χ3v) is 3.99. The SMILES string of the molecule is Cc1noc2nc(C(C)C)cc(C(=O)NC[C@H]3CCCO3)c12. The fourth-order valence-electron chi connectivity index (χ4n) is 2.70. The van der Waals surface area contributed by atoms with E-state index in [1.165, 1.54) is 0 Å². The van der Waals surface area contributed by atoms with Gasteiger partial charge >= 0.3 is 0 Å². The minimum absolute atomic E-state index is 0.120. The molecule has 118 valence electrons. The van der Waals surface area contributed by atoms with Gasteiger partial charge in [-0.15, -0.1) is 0 Å². The zero-order valence-electron chi connectivity index (χ0n) is 13.2. The smallest absolute Gasteiger partial charge is 0.259 e. The van der Waals surface area contributed by atoms with Gasteiger partial charge in [-0.25, -0.2) is 4.98 Å². The first-order valence-electron chi connectivity index (χ1n) is 7.73. The molecule has 1 N–H and O–H groups in total. The third-order valence-electron chi connectivity index (χ3n) is 3.99. The number of carbonyl (C=O) groups is 1. The van der Waals surface area contributed by atoms with E-state index < -0.39 is 0 Å². The molecule has 1 saturated heterocycles. The Balaban J connectivity index is 1.89. The summed E-state index contributed by atoms with van der Waals surface area (Å²) in [5.41, 5.74) is 2.50. The summed E-state index contributed by atoms with van der Waals surface area (Å²) in [6.45, 7) is 7.20. The largest absolute Gasteiger partial charge is 0.376 e. The van der Waals surface area contributed by atoms with Crippen LogP contribution in [-0.4, -0.2) is 35.3 Å². The number of rotatable bonds is 4. The molecular formula is C16H21N3O3.